The van der Waals surface area contributed by atoms with E-state index in [9.17, 15) is 4.79 Å². The Morgan fingerprint density at radius 3 is 3.06 bits per heavy atom. The highest BCUT2D eigenvalue weighted by atomic mass is 32.1. The van der Waals surface area contributed by atoms with Crippen molar-refractivity contribution in [1.29, 1.82) is 0 Å². The van der Waals surface area contributed by atoms with Crippen molar-refractivity contribution < 1.29 is 4.79 Å². The van der Waals surface area contributed by atoms with Crippen molar-refractivity contribution in [3.63, 3.8) is 0 Å². The van der Waals surface area contributed by atoms with E-state index < -0.39 is 0 Å². The smallest absolute Gasteiger partial charge is 0.243 e. The topological polar surface area (TPSA) is 45.0 Å². The predicted molar refractivity (Wildman–Crippen MR) is 72.4 cm³/mol. The first-order valence-corrected chi connectivity index (χ1v) is 6.29. The van der Waals surface area contributed by atoms with Crippen LogP contribution in [-0.2, 0) is 4.79 Å². The van der Waals surface area contributed by atoms with Crippen LogP contribution in [0.15, 0.2) is 22.1 Å². The molecular formula is C12H15N3OS. The molecule has 1 amide bonds. The average molecular weight is 249 g/mol. The summed E-state index contributed by atoms with van der Waals surface area (Å²) in [6.45, 7) is 2.79. The number of thiocarbonyl (C=S) groups is 1. The van der Waals surface area contributed by atoms with E-state index >= 15 is 0 Å². The van der Waals surface area contributed by atoms with Crippen molar-refractivity contribution in [2.45, 2.75) is 26.2 Å². The van der Waals surface area contributed by atoms with Crippen LogP contribution in [0.5, 0.6) is 0 Å². The number of unbranched alkanes of at least 4 members (excludes halogenated alkanes) is 2. The standard InChI is InChI=1S/C12H15N3OS/c1-2-3-4-8-15-11(16)9-6-5-7-13-10(9)14-12(15)17/h5-7,9H,2-4,8H2,1H3. The molecule has 0 saturated heterocycles. The number of amides is 1. The summed E-state index contributed by atoms with van der Waals surface area (Å²) in [6, 6.07) is 0. The van der Waals surface area contributed by atoms with Gasteiger partial charge in [-0.25, -0.2) is 9.98 Å². The van der Waals surface area contributed by atoms with Crippen molar-refractivity contribution in [1.82, 2.24) is 4.90 Å². The zero-order valence-corrected chi connectivity index (χ0v) is 10.6. The number of nitrogens with zero attached hydrogens (tertiary/aromatic N) is 3. The van der Waals surface area contributed by atoms with Crippen LogP contribution in [0.3, 0.4) is 0 Å². The van der Waals surface area contributed by atoms with Crippen LogP contribution in [0.4, 0.5) is 0 Å². The Bertz CT molecular complexity index is 425. The molecule has 90 valence electrons. The number of fused-ring (bicyclic) bond motifs is 1. The molecule has 17 heavy (non-hydrogen) atoms. The minimum atomic E-state index is -0.340. The summed E-state index contributed by atoms with van der Waals surface area (Å²) >= 11 is 5.14. The third-order valence-corrected chi connectivity index (χ3v) is 3.14. The minimum absolute atomic E-state index is 0.00389. The second-order valence-corrected chi connectivity index (χ2v) is 4.46. The van der Waals surface area contributed by atoms with Crippen LogP contribution in [0.1, 0.15) is 26.2 Å². The molecule has 0 N–H and O–H groups in total. The molecule has 0 aromatic carbocycles. The monoisotopic (exact) mass is 249 g/mol. The molecule has 0 aliphatic carbocycles. The Balaban J connectivity index is 2.12. The molecule has 2 heterocycles. The summed E-state index contributed by atoms with van der Waals surface area (Å²) in [5.41, 5.74) is 0. The maximum absolute atomic E-state index is 12.2. The zero-order chi connectivity index (χ0) is 12.3. The van der Waals surface area contributed by atoms with Gasteiger partial charge < -0.3 is 0 Å². The number of carbonyl (C=O) groups is 1. The quantitative estimate of drug-likeness (QED) is 0.565. The van der Waals surface area contributed by atoms with Gasteiger partial charge in [0.25, 0.3) is 0 Å². The number of hydrogen-bond acceptors (Lipinski definition) is 3. The van der Waals surface area contributed by atoms with Gasteiger partial charge in [0, 0.05) is 12.8 Å². The maximum atomic E-state index is 12.2. The fraction of sp³-hybridized carbons (Fsp3) is 0.500. The zero-order valence-electron chi connectivity index (χ0n) is 9.80. The number of allylic oxidation sites excluding steroid dienone is 1. The van der Waals surface area contributed by atoms with Crippen LogP contribution >= 0.6 is 12.2 Å². The third kappa shape index (κ3) is 2.49. The molecule has 1 unspecified atom stereocenters. The van der Waals surface area contributed by atoms with Crippen molar-refractivity contribution in [3.05, 3.63) is 12.2 Å². The van der Waals surface area contributed by atoms with Gasteiger partial charge in [0.05, 0.1) is 0 Å². The highest BCUT2D eigenvalue weighted by Crippen LogP contribution is 2.19. The summed E-state index contributed by atoms with van der Waals surface area (Å²) in [4.78, 5) is 22.1. The molecule has 0 aromatic rings. The summed E-state index contributed by atoms with van der Waals surface area (Å²) in [5.74, 6) is 0.187. The Hall–Kier alpha value is -1.36. The lowest BCUT2D eigenvalue weighted by molar-refractivity contribution is -0.128. The van der Waals surface area contributed by atoms with Crippen molar-refractivity contribution in [2.75, 3.05) is 6.54 Å². The third-order valence-electron chi connectivity index (χ3n) is 2.83. The number of rotatable bonds is 4. The van der Waals surface area contributed by atoms with Gasteiger partial charge in [0.1, 0.15) is 11.8 Å². The van der Waals surface area contributed by atoms with E-state index in [1.165, 1.54) is 0 Å². The van der Waals surface area contributed by atoms with Gasteiger partial charge >= 0.3 is 0 Å². The Morgan fingerprint density at radius 2 is 2.29 bits per heavy atom. The van der Waals surface area contributed by atoms with Crippen LogP contribution in [0.25, 0.3) is 0 Å². The van der Waals surface area contributed by atoms with Gasteiger partial charge in [-0.3, -0.25) is 9.69 Å². The molecule has 1 atom stereocenters. The average Bonchev–Trinajstić information content (AvgIpc) is 2.33. The molecule has 0 bridgehead atoms. The maximum Gasteiger partial charge on any atom is 0.243 e. The summed E-state index contributed by atoms with van der Waals surface area (Å²) < 4.78 is 0. The lowest BCUT2D eigenvalue weighted by atomic mass is 10.0. The van der Waals surface area contributed by atoms with Gasteiger partial charge in [-0.2, -0.15) is 0 Å². The van der Waals surface area contributed by atoms with Gasteiger partial charge in [0.2, 0.25) is 11.0 Å². The number of hydrogen-bond donors (Lipinski definition) is 0. The molecule has 2 aliphatic rings. The summed E-state index contributed by atoms with van der Waals surface area (Å²) in [6.07, 6.45) is 8.42. The Labute approximate surface area is 106 Å². The second kappa shape index (κ2) is 5.31. The van der Waals surface area contributed by atoms with E-state index in [0.29, 0.717) is 17.5 Å². The first-order valence-electron chi connectivity index (χ1n) is 5.89. The van der Waals surface area contributed by atoms with Gasteiger partial charge in [-0.1, -0.05) is 25.8 Å². The molecule has 0 fully saturated rings. The predicted octanol–water partition coefficient (Wildman–Crippen LogP) is 1.96. The fourth-order valence-electron chi connectivity index (χ4n) is 1.88. The molecule has 4 nitrogen and oxygen atoms in total. The molecule has 0 aromatic heterocycles. The molecule has 2 aliphatic heterocycles. The number of carbonyl (C=O) groups excluding carboxylic acids is 1. The Kier molecular flexibility index (Phi) is 3.78. The Morgan fingerprint density at radius 1 is 1.47 bits per heavy atom. The molecule has 0 radical (unpaired) electrons. The molecule has 5 heteroatoms. The van der Waals surface area contributed by atoms with Gasteiger partial charge in [0.15, 0.2) is 0 Å². The van der Waals surface area contributed by atoms with E-state index in [0.717, 1.165) is 19.3 Å². The normalized spacial score (nSPS) is 22.8. The van der Waals surface area contributed by atoms with E-state index in [2.05, 4.69) is 16.9 Å². The van der Waals surface area contributed by atoms with E-state index in [1.54, 1.807) is 17.2 Å². The number of aliphatic imine (C=N–C) groups is 2. The minimum Gasteiger partial charge on any atom is -0.287 e. The van der Waals surface area contributed by atoms with Crippen molar-refractivity contribution in [3.8, 4) is 0 Å². The number of dihydropyridines is 1. The van der Waals surface area contributed by atoms with Crippen LogP contribution < -0.4 is 0 Å². The molecular weight excluding hydrogens is 234 g/mol. The molecule has 0 saturated carbocycles. The molecule has 2 rings (SSSR count). The summed E-state index contributed by atoms with van der Waals surface area (Å²) in [7, 11) is 0. The van der Waals surface area contributed by atoms with E-state index in [-0.39, 0.29) is 11.8 Å². The first kappa shape index (κ1) is 12.1. The lowest BCUT2D eigenvalue weighted by Gasteiger charge is -2.29. The van der Waals surface area contributed by atoms with Crippen LogP contribution in [0.2, 0.25) is 0 Å². The van der Waals surface area contributed by atoms with Gasteiger partial charge in [-0.05, 0) is 24.7 Å². The van der Waals surface area contributed by atoms with E-state index in [4.69, 9.17) is 12.2 Å². The van der Waals surface area contributed by atoms with Crippen molar-refractivity contribution in [2.24, 2.45) is 15.9 Å². The second-order valence-electron chi connectivity index (χ2n) is 4.09. The van der Waals surface area contributed by atoms with Crippen LogP contribution in [0, 0.1) is 5.92 Å². The van der Waals surface area contributed by atoms with Crippen LogP contribution in [-0.4, -0.2) is 34.5 Å². The highest BCUT2D eigenvalue weighted by molar-refractivity contribution is 7.80. The van der Waals surface area contributed by atoms with Crippen molar-refractivity contribution >= 4 is 35.3 Å². The van der Waals surface area contributed by atoms with E-state index in [1.807, 2.05) is 6.08 Å². The number of amidine groups is 1. The van der Waals surface area contributed by atoms with Gasteiger partial charge in [-0.15, -0.1) is 0 Å². The SMILES string of the molecule is CCCCCN1C(=O)C2C=CC=NC2=NC1=S. The fourth-order valence-corrected chi connectivity index (χ4v) is 2.16. The lowest BCUT2D eigenvalue weighted by Crippen LogP contribution is -2.46. The highest BCUT2D eigenvalue weighted by Gasteiger charge is 2.34. The largest absolute Gasteiger partial charge is 0.287 e. The summed E-state index contributed by atoms with van der Waals surface area (Å²) in [5, 5.41) is 0.352. The molecule has 0 spiro atoms. The first-order chi connectivity index (χ1) is 8.24.